The molecule has 1 aliphatic rings. The summed E-state index contributed by atoms with van der Waals surface area (Å²) in [5.74, 6) is 0.449. The molecule has 0 fully saturated rings. The molecule has 0 radical (unpaired) electrons. The van der Waals surface area contributed by atoms with Gasteiger partial charge in [0.15, 0.2) is 0 Å². The van der Waals surface area contributed by atoms with Crippen molar-refractivity contribution in [1.82, 2.24) is 10.2 Å². The van der Waals surface area contributed by atoms with E-state index in [2.05, 4.69) is 60.5 Å². The summed E-state index contributed by atoms with van der Waals surface area (Å²) in [6, 6.07) is 16.9. The number of hydrogen-bond donors (Lipinski definition) is 1. The molecular weight excluding hydrogens is 308 g/mol. The van der Waals surface area contributed by atoms with Gasteiger partial charge in [0, 0.05) is 31.2 Å². The van der Waals surface area contributed by atoms with Crippen LogP contribution in [0.1, 0.15) is 47.8 Å². The number of nitrogens with zero attached hydrogens (tertiary/aromatic N) is 1. The van der Waals surface area contributed by atoms with Gasteiger partial charge in [-0.2, -0.15) is 0 Å². The monoisotopic (exact) mass is 336 g/mol. The predicted molar refractivity (Wildman–Crippen MR) is 102 cm³/mol. The highest BCUT2D eigenvalue weighted by molar-refractivity contribution is 5.94. The lowest BCUT2D eigenvalue weighted by Gasteiger charge is -2.28. The summed E-state index contributed by atoms with van der Waals surface area (Å²) in [6.45, 7) is 9.30. The van der Waals surface area contributed by atoms with Crippen molar-refractivity contribution in [2.24, 2.45) is 5.92 Å². The van der Waals surface area contributed by atoms with Crippen molar-refractivity contribution in [2.75, 3.05) is 6.54 Å². The molecule has 0 unspecified atom stereocenters. The van der Waals surface area contributed by atoms with Crippen LogP contribution in [0.15, 0.2) is 48.5 Å². The minimum Gasteiger partial charge on any atom is -0.349 e. The summed E-state index contributed by atoms with van der Waals surface area (Å²) in [5.41, 5.74) is 4.91. The summed E-state index contributed by atoms with van der Waals surface area (Å²) >= 11 is 0. The molecule has 3 nitrogen and oxygen atoms in total. The highest BCUT2D eigenvalue weighted by Gasteiger charge is 2.16. The molecule has 1 heterocycles. The van der Waals surface area contributed by atoms with Crippen LogP contribution in [0, 0.1) is 5.92 Å². The second kappa shape index (κ2) is 7.83. The van der Waals surface area contributed by atoms with Crippen molar-refractivity contribution in [3.63, 3.8) is 0 Å². The zero-order valence-corrected chi connectivity index (χ0v) is 15.5. The second-order valence-electron chi connectivity index (χ2n) is 7.43. The Labute approximate surface area is 151 Å². The molecule has 2 aromatic carbocycles. The van der Waals surface area contributed by atoms with Crippen LogP contribution in [0.2, 0.25) is 0 Å². The first kappa shape index (κ1) is 17.7. The summed E-state index contributed by atoms with van der Waals surface area (Å²) < 4.78 is 0. The molecule has 1 aliphatic heterocycles. The molecule has 3 rings (SSSR count). The van der Waals surface area contributed by atoms with Crippen LogP contribution < -0.4 is 5.32 Å². The van der Waals surface area contributed by atoms with E-state index in [0.717, 1.165) is 31.6 Å². The molecule has 0 spiro atoms. The number of carbonyl (C=O) groups is 1. The third kappa shape index (κ3) is 4.49. The lowest BCUT2D eigenvalue weighted by atomic mass is 9.99. The zero-order chi connectivity index (χ0) is 17.8. The molecule has 132 valence electrons. The van der Waals surface area contributed by atoms with Gasteiger partial charge in [0.1, 0.15) is 0 Å². The van der Waals surface area contributed by atoms with Gasteiger partial charge in [0.25, 0.3) is 5.91 Å². The molecular formula is C22H28N2O. The fourth-order valence-corrected chi connectivity index (χ4v) is 3.17. The number of carbonyl (C=O) groups excluding carboxylic acids is 1. The molecule has 0 saturated carbocycles. The van der Waals surface area contributed by atoms with Crippen LogP contribution in [0.4, 0.5) is 0 Å². The quantitative estimate of drug-likeness (QED) is 0.894. The normalized spacial score (nSPS) is 15.7. The van der Waals surface area contributed by atoms with Gasteiger partial charge in [-0.1, -0.05) is 50.2 Å². The summed E-state index contributed by atoms with van der Waals surface area (Å²) in [5, 5.41) is 3.06. The molecule has 25 heavy (non-hydrogen) atoms. The van der Waals surface area contributed by atoms with Gasteiger partial charge in [-0.25, -0.2) is 0 Å². The maximum Gasteiger partial charge on any atom is 0.251 e. The number of amides is 1. The van der Waals surface area contributed by atoms with Gasteiger partial charge >= 0.3 is 0 Å². The van der Waals surface area contributed by atoms with Gasteiger partial charge in [-0.05, 0) is 48.1 Å². The van der Waals surface area contributed by atoms with Crippen LogP contribution in [0.25, 0.3) is 0 Å². The Morgan fingerprint density at radius 1 is 1.04 bits per heavy atom. The Morgan fingerprint density at radius 2 is 1.72 bits per heavy atom. The maximum atomic E-state index is 12.3. The van der Waals surface area contributed by atoms with E-state index in [1.165, 1.54) is 16.7 Å². The van der Waals surface area contributed by atoms with Crippen molar-refractivity contribution in [2.45, 2.75) is 46.3 Å². The van der Waals surface area contributed by atoms with E-state index in [9.17, 15) is 4.79 Å². The molecule has 3 heteroatoms. The smallest absolute Gasteiger partial charge is 0.251 e. The van der Waals surface area contributed by atoms with Crippen LogP contribution in [0.3, 0.4) is 0 Å². The van der Waals surface area contributed by atoms with Gasteiger partial charge in [0.2, 0.25) is 0 Å². The number of rotatable bonds is 5. The summed E-state index contributed by atoms with van der Waals surface area (Å²) in [6.07, 6.45) is 1.11. The van der Waals surface area contributed by atoms with E-state index in [0.29, 0.717) is 5.92 Å². The predicted octanol–water partition coefficient (Wildman–Crippen LogP) is 4.02. The topological polar surface area (TPSA) is 32.3 Å². The summed E-state index contributed by atoms with van der Waals surface area (Å²) in [4.78, 5) is 14.7. The van der Waals surface area contributed by atoms with E-state index in [-0.39, 0.29) is 11.9 Å². The van der Waals surface area contributed by atoms with Crippen LogP contribution in [0.5, 0.6) is 0 Å². The van der Waals surface area contributed by atoms with Gasteiger partial charge in [-0.15, -0.1) is 0 Å². The first-order chi connectivity index (χ1) is 12.0. The Hall–Kier alpha value is -2.13. The number of benzene rings is 2. The largest absolute Gasteiger partial charge is 0.349 e. The average molecular weight is 336 g/mol. The zero-order valence-electron chi connectivity index (χ0n) is 15.5. The SMILES string of the molecule is CC(C)[C@@H](C)NC(=O)c1ccc(CN2CCc3ccccc3C2)cc1. The van der Waals surface area contributed by atoms with Crippen LogP contribution >= 0.6 is 0 Å². The van der Waals surface area contributed by atoms with Gasteiger partial charge < -0.3 is 5.32 Å². The van der Waals surface area contributed by atoms with Crippen molar-refractivity contribution < 1.29 is 4.79 Å². The molecule has 1 atom stereocenters. The van der Waals surface area contributed by atoms with Gasteiger partial charge in [0.05, 0.1) is 0 Å². The molecule has 0 bridgehead atoms. The Balaban J connectivity index is 1.59. The Morgan fingerprint density at radius 3 is 2.40 bits per heavy atom. The van der Waals surface area contributed by atoms with E-state index in [1.54, 1.807) is 0 Å². The third-order valence-corrected chi connectivity index (χ3v) is 5.19. The lowest BCUT2D eigenvalue weighted by molar-refractivity contribution is 0.0930. The molecule has 0 aliphatic carbocycles. The Bertz CT molecular complexity index is 721. The second-order valence-corrected chi connectivity index (χ2v) is 7.43. The van der Waals surface area contributed by atoms with Crippen molar-refractivity contribution in [3.8, 4) is 0 Å². The summed E-state index contributed by atoms with van der Waals surface area (Å²) in [7, 11) is 0. The highest BCUT2D eigenvalue weighted by atomic mass is 16.1. The van der Waals surface area contributed by atoms with Crippen LogP contribution in [-0.4, -0.2) is 23.4 Å². The lowest BCUT2D eigenvalue weighted by Crippen LogP contribution is -2.36. The number of hydrogen-bond acceptors (Lipinski definition) is 2. The fourth-order valence-electron chi connectivity index (χ4n) is 3.17. The average Bonchev–Trinajstić information content (AvgIpc) is 2.62. The van der Waals surface area contributed by atoms with Crippen molar-refractivity contribution >= 4 is 5.91 Å². The van der Waals surface area contributed by atoms with Crippen molar-refractivity contribution in [1.29, 1.82) is 0 Å². The molecule has 1 N–H and O–H groups in total. The van der Waals surface area contributed by atoms with E-state index in [4.69, 9.17) is 0 Å². The van der Waals surface area contributed by atoms with Crippen molar-refractivity contribution in [3.05, 3.63) is 70.8 Å². The number of nitrogens with one attached hydrogen (secondary N) is 1. The molecule has 1 amide bonds. The maximum absolute atomic E-state index is 12.3. The Kier molecular flexibility index (Phi) is 5.54. The van der Waals surface area contributed by atoms with Gasteiger partial charge in [-0.3, -0.25) is 9.69 Å². The molecule has 0 aromatic heterocycles. The molecule has 2 aromatic rings. The fraction of sp³-hybridized carbons (Fsp3) is 0.409. The number of fused-ring (bicyclic) bond motifs is 1. The minimum absolute atomic E-state index is 0.0136. The molecule has 0 saturated heterocycles. The van der Waals surface area contributed by atoms with Crippen LogP contribution in [-0.2, 0) is 19.5 Å². The van der Waals surface area contributed by atoms with E-state index >= 15 is 0 Å². The third-order valence-electron chi connectivity index (χ3n) is 5.19. The minimum atomic E-state index is 0.0136. The first-order valence-electron chi connectivity index (χ1n) is 9.22. The standard InChI is InChI=1S/C22H28N2O/c1-16(2)17(3)23-22(25)20-10-8-18(9-11-20)14-24-13-12-19-6-4-5-7-21(19)15-24/h4-11,16-17H,12-15H2,1-3H3,(H,23,25)/t17-/m1/s1. The highest BCUT2D eigenvalue weighted by Crippen LogP contribution is 2.20. The first-order valence-corrected chi connectivity index (χ1v) is 9.22. The van der Waals surface area contributed by atoms with E-state index < -0.39 is 0 Å². The van der Waals surface area contributed by atoms with E-state index in [1.807, 2.05) is 19.1 Å².